The van der Waals surface area contributed by atoms with Gasteiger partial charge in [-0.25, -0.2) is 14.4 Å². The molecule has 0 saturated heterocycles. The first kappa shape index (κ1) is 18.2. The van der Waals surface area contributed by atoms with Crippen molar-refractivity contribution in [3.8, 4) is 17.2 Å². The predicted molar refractivity (Wildman–Crippen MR) is 106 cm³/mol. The largest absolute Gasteiger partial charge is 0.489 e. The van der Waals surface area contributed by atoms with E-state index in [0.717, 1.165) is 18.4 Å². The van der Waals surface area contributed by atoms with E-state index in [1.54, 1.807) is 18.5 Å². The summed E-state index contributed by atoms with van der Waals surface area (Å²) in [7, 11) is 0. The second-order valence-electron chi connectivity index (χ2n) is 6.80. The van der Waals surface area contributed by atoms with Crippen LogP contribution in [0.4, 0.5) is 4.39 Å². The standard InChI is InChI=1S/C23H21FN2O2/c1-16-25-13-17(14-26-16)15-27-22-10-20(24)11-23(12-22)28-21-8-6-19(7-9-21)18-4-2-3-5-18/h4,6-14H,2-3,5,15H2,1H3. The summed E-state index contributed by atoms with van der Waals surface area (Å²) in [5, 5.41) is 0. The van der Waals surface area contributed by atoms with E-state index in [2.05, 4.69) is 16.0 Å². The molecule has 5 heteroatoms. The number of hydrogen-bond donors (Lipinski definition) is 0. The number of ether oxygens (including phenoxy) is 2. The summed E-state index contributed by atoms with van der Waals surface area (Å²) in [6.45, 7) is 2.07. The average molecular weight is 376 g/mol. The van der Waals surface area contributed by atoms with E-state index < -0.39 is 5.82 Å². The van der Waals surface area contributed by atoms with E-state index in [1.165, 1.54) is 29.7 Å². The first-order chi connectivity index (χ1) is 13.7. The van der Waals surface area contributed by atoms with Gasteiger partial charge in [-0.1, -0.05) is 18.2 Å². The second-order valence-corrected chi connectivity index (χ2v) is 6.80. The highest BCUT2D eigenvalue weighted by molar-refractivity contribution is 5.67. The van der Waals surface area contributed by atoms with Crippen molar-refractivity contribution in [1.29, 1.82) is 0 Å². The van der Waals surface area contributed by atoms with Crippen LogP contribution in [-0.2, 0) is 6.61 Å². The zero-order chi connectivity index (χ0) is 19.3. The number of rotatable bonds is 6. The molecule has 0 fully saturated rings. The number of aryl methyl sites for hydroxylation is 1. The molecule has 0 radical (unpaired) electrons. The maximum Gasteiger partial charge on any atom is 0.134 e. The molecule has 0 amide bonds. The second kappa shape index (κ2) is 8.21. The average Bonchev–Trinajstić information content (AvgIpc) is 3.23. The number of hydrogen-bond acceptors (Lipinski definition) is 4. The Labute approximate surface area is 163 Å². The molecule has 0 saturated carbocycles. The van der Waals surface area contributed by atoms with Crippen molar-refractivity contribution in [3.63, 3.8) is 0 Å². The third kappa shape index (κ3) is 4.55. The van der Waals surface area contributed by atoms with Crippen LogP contribution in [0.15, 0.2) is 60.9 Å². The molecule has 142 valence electrons. The van der Waals surface area contributed by atoms with Gasteiger partial charge < -0.3 is 9.47 Å². The van der Waals surface area contributed by atoms with Crippen LogP contribution in [0.3, 0.4) is 0 Å². The van der Waals surface area contributed by atoms with Crippen molar-refractivity contribution in [1.82, 2.24) is 9.97 Å². The maximum absolute atomic E-state index is 14.0. The highest BCUT2D eigenvalue weighted by atomic mass is 19.1. The highest BCUT2D eigenvalue weighted by Crippen LogP contribution is 2.31. The minimum atomic E-state index is -0.416. The van der Waals surface area contributed by atoms with Crippen LogP contribution in [0.25, 0.3) is 5.57 Å². The number of allylic oxidation sites excluding steroid dienone is 2. The molecule has 1 aliphatic carbocycles. The van der Waals surface area contributed by atoms with E-state index >= 15 is 0 Å². The minimum absolute atomic E-state index is 0.257. The Morgan fingerprint density at radius 3 is 2.43 bits per heavy atom. The van der Waals surface area contributed by atoms with Gasteiger partial charge in [0.25, 0.3) is 0 Å². The van der Waals surface area contributed by atoms with Crippen LogP contribution in [0.1, 0.15) is 36.2 Å². The highest BCUT2D eigenvalue weighted by Gasteiger charge is 2.09. The number of aromatic nitrogens is 2. The van der Waals surface area contributed by atoms with Crippen LogP contribution >= 0.6 is 0 Å². The van der Waals surface area contributed by atoms with Gasteiger partial charge in [-0.2, -0.15) is 0 Å². The Hall–Kier alpha value is -3.21. The fraction of sp³-hybridized carbons (Fsp3) is 0.217. The van der Waals surface area contributed by atoms with Crippen molar-refractivity contribution in [3.05, 3.63) is 83.7 Å². The summed E-state index contributed by atoms with van der Waals surface area (Å²) in [5.41, 5.74) is 3.41. The monoisotopic (exact) mass is 376 g/mol. The van der Waals surface area contributed by atoms with Crippen molar-refractivity contribution < 1.29 is 13.9 Å². The quantitative estimate of drug-likeness (QED) is 0.540. The molecule has 1 heterocycles. The SMILES string of the molecule is Cc1ncc(COc2cc(F)cc(Oc3ccc(C4=CCCC4)cc3)c2)cn1. The van der Waals surface area contributed by atoms with Gasteiger partial charge >= 0.3 is 0 Å². The molecule has 0 N–H and O–H groups in total. The lowest BCUT2D eigenvalue weighted by Gasteiger charge is -2.11. The molecule has 0 aliphatic heterocycles. The molecule has 4 rings (SSSR count). The van der Waals surface area contributed by atoms with Crippen LogP contribution in [0.2, 0.25) is 0 Å². The van der Waals surface area contributed by atoms with Gasteiger partial charge in [-0.05, 0) is 49.5 Å². The van der Waals surface area contributed by atoms with Gasteiger partial charge in [0.2, 0.25) is 0 Å². The predicted octanol–water partition coefficient (Wildman–Crippen LogP) is 5.86. The van der Waals surface area contributed by atoms with Gasteiger partial charge in [-0.15, -0.1) is 0 Å². The third-order valence-electron chi connectivity index (χ3n) is 4.59. The molecule has 0 bridgehead atoms. The van der Waals surface area contributed by atoms with Gasteiger partial charge in [0.1, 0.15) is 35.5 Å². The van der Waals surface area contributed by atoms with Crippen LogP contribution in [0, 0.1) is 12.7 Å². The minimum Gasteiger partial charge on any atom is -0.489 e. The van der Waals surface area contributed by atoms with Gasteiger partial charge in [0, 0.05) is 36.2 Å². The Kier molecular flexibility index (Phi) is 5.33. The maximum atomic E-state index is 14.0. The van der Waals surface area contributed by atoms with Crippen molar-refractivity contribution >= 4 is 5.57 Å². The first-order valence-electron chi connectivity index (χ1n) is 9.34. The van der Waals surface area contributed by atoms with Crippen LogP contribution in [-0.4, -0.2) is 9.97 Å². The van der Waals surface area contributed by atoms with E-state index in [0.29, 0.717) is 23.1 Å². The van der Waals surface area contributed by atoms with Gasteiger partial charge in [0.05, 0.1) is 0 Å². The lowest BCUT2D eigenvalue weighted by atomic mass is 10.1. The molecule has 1 aliphatic rings. The molecule has 2 aromatic carbocycles. The molecule has 0 atom stereocenters. The molecule has 1 aromatic heterocycles. The van der Waals surface area contributed by atoms with Gasteiger partial charge in [-0.3, -0.25) is 0 Å². The number of benzene rings is 2. The summed E-state index contributed by atoms with van der Waals surface area (Å²) < 4.78 is 25.5. The van der Waals surface area contributed by atoms with Crippen molar-refractivity contribution in [2.75, 3.05) is 0 Å². The molecule has 3 aromatic rings. The smallest absolute Gasteiger partial charge is 0.134 e. The lowest BCUT2D eigenvalue weighted by molar-refractivity contribution is 0.301. The van der Waals surface area contributed by atoms with E-state index in [9.17, 15) is 4.39 Å². The molecule has 0 spiro atoms. The zero-order valence-corrected chi connectivity index (χ0v) is 15.7. The molecule has 4 nitrogen and oxygen atoms in total. The normalized spacial score (nSPS) is 13.3. The summed E-state index contributed by atoms with van der Waals surface area (Å²) in [6.07, 6.45) is 9.16. The third-order valence-corrected chi connectivity index (χ3v) is 4.59. The fourth-order valence-electron chi connectivity index (χ4n) is 3.15. The molecule has 28 heavy (non-hydrogen) atoms. The Morgan fingerprint density at radius 2 is 1.71 bits per heavy atom. The van der Waals surface area contributed by atoms with E-state index in [4.69, 9.17) is 9.47 Å². The topological polar surface area (TPSA) is 44.2 Å². The van der Waals surface area contributed by atoms with E-state index in [1.807, 2.05) is 31.2 Å². The van der Waals surface area contributed by atoms with E-state index in [-0.39, 0.29) is 6.61 Å². The number of halogens is 1. The summed E-state index contributed by atoms with van der Waals surface area (Å²) in [5.74, 6) is 1.72. The molecular weight excluding hydrogens is 355 g/mol. The number of nitrogens with zero attached hydrogens (tertiary/aromatic N) is 2. The van der Waals surface area contributed by atoms with Crippen LogP contribution in [0.5, 0.6) is 17.2 Å². The molecular formula is C23H21FN2O2. The Balaban J connectivity index is 1.43. The zero-order valence-electron chi connectivity index (χ0n) is 15.7. The lowest BCUT2D eigenvalue weighted by Crippen LogP contribution is -1.99. The summed E-state index contributed by atoms with van der Waals surface area (Å²) in [6, 6.07) is 12.2. The fourth-order valence-corrected chi connectivity index (χ4v) is 3.15. The Morgan fingerprint density at radius 1 is 0.964 bits per heavy atom. The van der Waals surface area contributed by atoms with Crippen LogP contribution < -0.4 is 9.47 Å². The summed E-state index contributed by atoms with van der Waals surface area (Å²) >= 11 is 0. The molecule has 0 unspecified atom stereocenters. The Bertz CT molecular complexity index is 982. The van der Waals surface area contributed by atoms with Gasteiger partial charge in [0.15, 0.2) is 0 Å². The van der Waals surface area contributed by atoms with Crippen molar-refractivity contribution in [2.24, 2.45) is 0 Å². The summed E-state index contributed by atoms with van der Waals surface area (Å²) in [4.78, 5) is 8.25. The van der Waals surface area contributed by atoms with Crippen molar-refractivity contribution in [2.45, 2.75) is 32.8 Å². The first-order valence-corrected chi connectivity index (χ1v) is 9.34.